The maximum atomic E-state index is 12.6. The number of nitrogens with zero attached hydrogens (tertiary/aromatic N) is 3. The molecule has 0 aliphatic rings. The Kier molecular flexibility index (Phi) is 6.50. The third-order valence-corrected chi connectivity index (χ3v) is 5.47. The molecule has 0 fully saturated rings. The van der Waals surface area contributed by atoms with Crippen LogP contribution in [-0.2, 0) is 6.54 Å². The Hall–Kier alpha value is -3.67. The van der Waals surface area contributed by atoms with E-state index in [4.69, 9.17) is 9.72 Å². The molecule has 0 aliphatic carbocycles. The van der Waals surface area contributed by atoms with Crippen LogP contribution in [0.15, 0.2) is 73.1 Å². The lowest BCUT2D eigenvalue weighted by Gasteiger charge is -2.17. The summed E-state index contributed by atoms with van der Waals surface area (Å²) in [6.07, 6.45) is 3.21. The van der Waals surface area contributed by atoms with Crippen LogP contribution in [0.25, 0.3) is 11.0 Å². The number of nitrogens with one attached hydrogen (secondary N) is 1. The van der Waals surface area contributed by atoms with Crippen LogP contribution in [-0.4, -0.2) is 27.0 Å². The molecule has 0 spiro atoms. The number of carbonyl (C=O) groups is 1. The number of ether oxygens (including phenoxy) is 1. The molecule has 2 aromatic carbocycles. The van der Waals surface area contributed by atoms with Gasteiger partial charge in [0.25, 0.3) is 5.91 Å². The van der Waals surface area contributed by atoms with Crippen molar-refractivity contribution in [3.05, 3.63) is 90.0 Å². The first kappa shape index (κ1) is 21.6. The second-order valence-corrected chi connectivity index (χ2v) is 8.12. The first-order chi connectivity index (χ1) is 15.5. The Bertz CT molecular complexity index is 1180. The molecular weight excluding hydrogens is 400 g/mol. The van der Waals surface area contributed by atoms with Crippen molar-refractivity contribution < 1.29 is 9.53 Å². The third-order valence-electron chi connectivity index (χ3n) is 5.47. The minimum absolute atomic E-state index is 0.175. The van der Waals surface area contributed by atoms with Crippen molar-refractivity contribution >= 4 is 16.9 Å². The third kappa shape index (κ3) is 4.80. The van der Waals surface area contributed by atoms with Gasteiger partial charge in [0.1, 0.15) is 18.2 Å². The van der Waals surface area contributed by atoms with E-state index < -0.39 is 0 Å². The second kappa shape index (κ2) is 9.64. The number of para-hydroxylation sites is 2. The molecule has 4 rings (SSSR count). The molecule has 32 heavy (non-hydrogen) atoms. The van der Waals surface area contributed by atoms with Gasteiger partial charge < -0.3 is 14.6 Å². The standard InChI is InChI=1S/C26H28N4O2/c1-18(2)20-10-12-22(13-11-20)32-16-15-30-24-9-5-4-8-23(24)29-25(30)19(3)28-26(31)21-7-6-14-27-17-21/h4-14,17-19H,15-16H2,1-3H3,(H,28,31). The highest BCUT2D eigenvalue weighted by Crippen LogP contribution is 2.22. The zero-order valence-electron chi connectivity index (χ0n) is 18.7. The molecule has 6 nitrogen and oxygen atoms in total. The van der Waals surface area contributed by atoms with Crippen molar-refractivity contribution in [3.63, 3.8) is 0 Å². The maximum Gasteiger partial charge on any atom is 0.253 e. The van der Waals surface area contributed by atoms with Crippen molar-refractivity contribution in [2.24, 2.45) is 0 Å². The van der Waals surface area contributed by atoms with Gasteiger partial charge in [-0.25, -0.2) is 4.98 Å². The molecule has 0 saturated heterocycles. The summed E-state index contributed by atoms with van der Waals surface area (Å²) in [6, 6.07) is 19.4. The Balaban J connectivity index is 1.50. The van der Waals surface area contributed by atoms with Gasteiger partial charge in [-0.1, -0.05) is 38.1 Å². The van der Waals surface area contributed by atoms with E-state index >= 15 is 0 Å². The van der Waals surface area contributed by atoms with E-state index in [0.29, 0.717) is 24.6 Å². The van der Waals surface area contributed by atoms with Crippen molar-refractivity contribution in [1.82, 2.24) is 19.9 Å². The average molecular weight is 429 g/mol. The second-order valence-electron chi connectivity index (χ2n) is 8.12. The van der Waals surface area contributed by atoms with Gasteiger partial charge in [-0.05, 0) is 54.8 Å². The fourth-order valence-corrected chi connectivity index (χ4v) is 3.71. The van der Waals surface area contributed by atoms with Crippen LogP contribution in [0, 0.1) is 0 Å². The summed E-state index contributed by atoms with van der Waals surface area (Å²) in [5.74, 6) is 1.96. The fourth-order valence-electron chi connectivity index (χ4n) is 3.71. The minimum atomic E-state index is -0.277. The predicted molar refractivity (Wildman–Crippen MR) is 126 cm³/mol. The first-order valence-electron chi connectivity index (χ1n) is 10.9. The smallest absolute Gasteiger partial charge is 0.253 e. The van der Waals surface area contributed by atoms with E-state index in [9.17, 15) is 4.79 Å². The molecule has 2 aromatic heterocycles. The topological polar surface area (TPSA) is 69.0 Å². The van der Waals surface area contributed by atoms with Crippen LogP contribution in [0.4, 0.5) is 0 Å². The summed E-state index contributed by atoms with van der Waals surface area (Å²) < 4.78 is 8.12. The number of rotatable bonds is 8. The lowest BCUT2D eigenvalue weighted by atomic mass is 10.0. The van der Waals surface area contributed by atoms with Crippen molar-refractivity contribution in [1.29, 1.82) is 0 Å². The quantitative estimate of drug-likeness (QED) is 0.423. The van der Waals surface area contributed by atoms with E-state index in [1.54, 1.807) is 24.5 Å². The molecule has 6 heteroatoms. The molecule has 164 valence electrons. The van der Waals surface area contributed by atoms with E-state index in [-0.39, 0.29) is 11.9 Å². The summed E-state index contributed by atoms with van der Waals surface area (Å²) >= 11 is 0. The summed E-state index contributed by atoms with van der Waals surface area (Å²) in [4.78, 5) is 21.4. The number of aromatic nitrogens is 3. The van der Waals surface area contributed by atoms with Crippen LogP contribution < -0.4 is 10.1 Å². The summed E-state index contributed by atoms with van der Waals surface area (Å²) in [5, 5.41) is 3.04. The van der Waals surface area contributed by atoms with Crippen LogP contribution in [0.2, 0.25) is 0 Å². The monoisotopic (exact) mass is 428 g/mol. The molecule has 0 saturated carbocycles. The molecule has 0 bridgehead atoms. The Labute approximate surface area is 188 Å². The van der Waals surface area contributed by atoms with Crippen LogP contribution in [0.3, 0.4) is 0 Å². The molecular formula is C26H28N4O2. The molecule has 1 unspecified atom stereocenters. The molecule has 1 amide bonds. The normalized spacial score (nSPS) is 12.1. The predicted octanol–water partition coefficient (Wildman–Crippen LogP) is 5.12. The number of amides is 1. The highest BCUT2D eigenvalue weighted by Gasteiger charge is 2.19. The minimum Gasteiger partial charge on any atom is -0.492 e. The largest absolute Gasteiger partial charge is 0.492 e. The molecule has 4 aromatic rings. The van der Waals surface area contributed by atoms with E-state index in [1.807, 2.05) is 43.3 Å². The highest BCUT2D eigenvalue weighted by atomic mass is 16.5. The Morgan fingerprint density at radius 1 is 1.03 bits per heavy atom. The van der Waals surface area contributed by atoms with Crippen molar-refractivity contribution in [3.8, 4) is 5.75 Å². The molecule has 1 atom stereocenters. The van der Waals surface area contributed by atoms with E-state index in [0.717, 1.165) is 22.6 Å². The summed E-state index contributed by atoms with van der Waals surface area (Å²) in [7, 11) is 0. The lowest BCUT2D eigenvalue weighted by Crippen LogP contribution is -2.29. The molecule has 2 heterocycles. The van der Waals surface area contributed by atoms with Crippen molar-refractivity contribution in [2.45, 2.75) is 39.3 Å². The number of hydrogen-bond acceptors (Lipinski definition) is 4. The van der Waals surface area contributed by atoms with Gasteiger partial charge in [-0.2, -0.15) is 0 Å². The van der Waals surface area contributed by atoms with Gasteiger partial charge in [-0.15, -0.1) is 0 Å². The van der Waals surface area contributed by atoms with Gasteiger partial charge in [0, 0.05) is 12.4 Å². The van der Waals surface area contributed by atoms with Gasteiger partial charge in [0.05, 0.1) is 29.2 Å². The number of carbonyl (C=O) groups excluding carboxylic acids is 1. The fraction of sp³-hybridized carbons (Fsp3) is 0.269. The SMILES string of the molecule is CC(C)c1ccc(OCCn2c(C(C)NC(=O)c3cccnc3)nc3ccccc32)cc1. The zero-order chi connectivity index (χ0) is 22.5. The average Bonchev–Trinajstić information content (AvgIpc) is 3.19. The Morgan fingerprint density at radius 2 is 1.81 bits per heavy atom. The van der Waals surface area contributed by atoms with Crippen molar-refractivity contribution in [2.75, 3.05) is 6.61 Å². The number of hydrogen-bond donors (Lipinski definition) is 1. The molecule has 0 radical (unpaired) electrons. The van der Waals surface area contributed by atoms with Gasteiger partial charge in [0.15, 0.2) is 0 Å². The molecule has 1 N–H and O–H groups in total. The van der Waals surface area contributed by atoms with Crippen LogP contribution >= 0.6 is 0 Å². The lowest BCUT2D eigenvalue weighted by molar-refractivity contribution is 0.0937. The maximum absolute atomic E-state index is 12.6. The van der Waals surface area contributed by atoms with Crippen LogP contribution in [0.1, 0.15) is 54.5 Å². The number of imidazole rings is 1. The van der Waals surface area contributed by atoms with Gasteiger partial charge in [-0.3, -0.25) is 9.78 Å². The van der Waals surface area contributed by atoms with Crippen LogP contribution in [0.5, 0.6) is 5.75 Å². The van der Waals surface area contributed by atoms with E-state index in [2.05, 4.69) is 40.8 Å². The zero-order valence-corrected chi connectivity index (χ0v) is 18.7. The Morgan fingerprint density at radius 3 is 2.53 bits per heavy atom. The summed E-state index contributed by atoms with van der Waals surface area (Å²) in [6.45, 7) is 7.41. The first-order valence-corrected chi connectivity index (χ1v) is 10.9. The van der Waals surface area contributed by atoms with Gasteiger partial charge >= 0.3 is 0 Å². The number of pyridine rings is 1. The van der Waals surface area contributed by atoms with E-state index in [1.165, 1.54) is 5.56 Å². The number of fused-ring (bicyclic) bond motifs is 1. The highest BCUT2D eigenvalue weighted by molar-refractivity contribution is 5.94. The summed E-state index contributed by atoms with van der Waals surface area (Å²) in [5.41, 5.74) is 3.73. The molecule has 0 aliphatic heterocycles. The number of benzene rings is 2. The van der Waals surface area contributed by atoms with Gasteiger partial charge in [0.2, 0.25) is 0 Å².